The van der Waals surface area contributed by atoms with E-state index in [1.165, 1.54) is 0 Å². The quantitative estimate of drug-likeness (QED) is 0.0643. The fourth-order valence-corrected chi connectivity index (χ4v) is 16.3. The number of para-hydroxylation sites is 2. The molecule has 5 rings (SSSR count). The van der Waals surface area contributed by atoms with Crippen molar-refractivity contribution in [1.82, 2.24) is 4.31 Å². The van der Waals surface area contributed by atoms with Gasteiger partial charge in [0.15, 0.2) is 8.32 Å². The highest BCUT2D eigenvalue weighted by Crippen LogP contribution is 2.43. The van der Waals surface area contributed by atoms with Crippen LogP contribution in [0.15, 0.2) is 77.7 Å². The molecule has 2 aliphatic rings. The largest absolute Gasteiger partial charge is 0.489 e. The summed E-state index contributed by atoms with van der Waals surface area (Å²) in [6, 6.07) is 23.4. The Labute approximate surface area is 362 Å². The second-order valence-corrected chi connectivity index (χ2v) is 24.6. The van der Waals surface area contributed by atoms with E-state index in [-0.39, 0.29) is 29.9 Å². The molecule has 334 valence electrons. The third-order valence-corrected chi connectivity index (χ3v) is 20.2. The van der Waals surface area contributed by atoms with Crippen molar-refractivity contribution in [2.75, 3.05) is 85.0 Å². The number of nitrogens with zero attached hydrogens (tertiary/aromatic N) is 2. The van der Waals surface area contributed by atoms with Crippen molar-refractivity contribution in [3.63, 3.8) is 0 Å². The van der Waals surface area contributed by atoms with E-state index in [2.05, 4.69) is 76.8 Å². The van der Waals surface area contributed by atoms with Crippen molar-refractivity contribution < 1.29 is 41.3 Å². The molecular formula is C47H72N2O9SSi. The smallest absolute Gasteiger partial charge is 0.243 e. The maximum Gasteiger partial charge on any atom is 0.243 e. The predicted molar refractivity (Wildman–Crippen MR) is 241 cm³/mol. The highest BCUT2D eigenvalue weighted by molar-refractivity contribution is 7.89. The first kappa shape index (κ1) is 48.2. The number of benzene rings is 3. The zero-order valence-corrected chi connectivity index (χ0v) is 39.5. The number of piperidine rings is 1. The number of aryl methyl sites for hydroxylation is 1. The lowest BCUT2D eigenvalue weighted by Crippen LogP contribution is -2.56. The second-order valence-electron chi connectivity index (χ2n) is 17.2. The first-order valence-electron chi connectivity index (χ1n) is 21.9. The minimum absolute atomic E-state index is 0.100. The van der Waals surface area contributed by atoms with Crippen LogP contribution in [0.2, 0.25) is 16.6 Å². The molecule has 0 aliphatic carbocycles. The molecule has 0 N–H and O–H groups in total. The van der Waals surface area contributed by atoms with Gasteiger partial charge in [0.25, 0.3) is 0 Å². The Kier molecular flexibility index (Phi) is 18.5. The van der Waals surface area contributed by atoms with Crippen LogP contribution in [-0.4, -0.2) is 119 Å². The third-order valence-electron chi connectivity index (χ3n) is 12.3. The SMILES string of the molecule is COCCCN1c2ccccc2OCC1CO[C@H]1CN(S(=O)(=O)c2ccc(C)cc2)C[C@@H](OCCCO[Si](C(C)C)(C(C)C)C(C)C)[C@@H]1c1ccc(COCCOC)cc1. The van der Waals surface area contributed by atoms with Gasteiger partial charge in [-0.3, -0.25) is 0 Å². The lowest BCUT2D eigenvalue weighted by molar-refractivity contribution is -0.0793. The van der Waals surface area contributed by atoms with E-state index in [9.17, 15) is 8.42 Å². The van der Waals surface area contributed by atoms with Gasteiger partial charge < -0.3 is 37.7 Å². The van der Waals surface area contributed by atoms with E-state index in [1.807, 2.05) is 37.3 Å². The number of rotatable bonds is 24. The van der Waals surface area contributed by atoms with E-state index in [0.717, 1.165) is 41.1 Å². The zero-order valence-electron chi connectivity index (χ0n) is 37.6. The molecule has 1 saturated heterocycles. The second kappa shape index (κ2) is 23.0. The minimum atomic E-state index is -3.89. The van der Waals surface area contributed by atoms with Gasteiger partial charge in [0, 0.05) is 59.6 Å². The van der Waals surface area contributed by atoms with Crippen LogP contribution in [-0.2, 0) is 44.7 Å². The van der Waals surface area contributed by atoms with E-state index < -0.39 is 30.5 Å². The molecule has 3 aromatic carbocycles. The monoisotopic (exact) mass is 868 g/mol. The van der Waals surface area contributed by atoms with Crippen LogP contribution in [0.5, 0.6) is 5.75 Å². The van der Waals surface area contributed by atoms with E-state index in [4.69, 9.17) is 32.8 Å². The molecule has 13 heteroatoms. The summed E-state index contributed by atoms with van der Waals surface area (Å²) in [5.41, 5.74) is 5.52. The number of fused-ring (bicyclic) bond motifs is 1. The topological polar surface area (TPSA) is 105 Å². The molecule has 0 saturated carbocycles. The molecule has 0 amide bonds. The number of anilines is 1. The van der Waals surface area contributed by atoms with Crippen LogP contribution in [0.3, 0.4) is 0 Å². The number of sulfonamides is 1. The van der Waals surface area contributed by atoms with Crippen molar-refractivity contribution in [3.8, 4) is 5.75 Å². The Morgan fingerprint density at radius 2 is 1.40 bits per heavy atom. The van der Waals surface area contributed by atoms with Gasteiger partial charge in [-0.1, -0.05) is 95.6 Å². The Morgan fingerprint density at radius 3 is 2.05 bits per heavy atom. The van der Waals surface area contributed by atoms with E-state index in [1.54, 1.807) is 30.7 Å². The fraction of sp³-hybridized carbons (Fsp3) is 0.617. The summed E-state index contributed by atoms with van der Waals surface area (Å²) in [6.45, 7) is 20.8. The molecule has 4 atom stereocenters. The van der Waals surface area contributed by atoms with Gasteiger partial charge in [0.1, 0.15) is 12.4 Å². The van der Waals surface area contributed by atoms with Crippen LogP contribution >= 0.6 is 0 Å². The Bertz CT molecular complexity index is 1810. The molecule has 60 heavy (non-hydrogen) atoms. The Hall–Kier alpha value is -2.85. The van der Waals surface area contributed by atoms with Crippen molar-refractivity contribution >= 4 is 24.0 Å². The number of hydrogen-bond acceptors (Lipinski definition) is 10. The number of ether oxygens (including phenoxy) is 6. The van der Waals surface area contributed by atoms with Crippen molar-refractivity contribution in [2.45, 2.75) is 114 Å². The Balaban J connectivity index is 1.45. The van der Waals surface area contributed by atoms with Crippen molar-refractivity contribution in [2.24, 2.45) is 0 Å². The summed E-state index contributed by atoms with van der Waals surface area (Å²) < 4.78 is 74.0. The first-order valence-corrected chi connectivity index (χ1v) is 25.5. The molecule has 2 aliphatic heterocycles. The first-order chi connectivity index (χ1) is 28.8. The van der Waals surface area contributed by atoms with Crippen molar-refractivity contribution in [3.05, 3.63) is 89.5 Å². The Morgan fingerprint density at radius 1 is 0.750 bits per heavy atom. The van der Waals surface area contributed by atoms with Gasteiger partial charge in [0.05, 0.1) is 55.3 Å². The summed E-state index contributed by atoms with van der Waals surface area (Å²) in [5, 5.41) is 0. The highest BCUT2D eigenvalue weighted by atomic mass is 32.2. The molecule has 0 aromatic heterocycles. The fourth-order valence-electron chi connectivity index (χ4n) is 9.30. The molecule has 0 bridgehead atoms. The van der Waals surface area contributed by atoms with E-state index in [0.29, 0.717) is 75.9 Å². The number of hydrogen-bond donors (Lipinski definition) is 0. The standard InChI is InChI=1S/C47H72N2O9SSi/c1-35(2)60(36(3)4,37(5)6)58-27-13-26-55-45-30-48(59(50,51)42-22-16-38(7)17-23-42)31-46(47(45)40-20-18-39(19-21-40)32-54-29-28-53-9)57-34-41-33-56-44-15-11-10-14-43(44)49(41)24-12-25-52-8/h10-11,14-23,35-37,41,45-47H,12-13,24-34H2,1-9H3/t41?,45-,46+,47+/m1/s1. The highest BCUT2D eigenvalue weighted by Gasteiger charge is 2.46. The number of methoxy groups -OCH3 is 2. The molecule has 3 aromatic rings. The van der Waals surface area contributed by atoms with Gasteiger partial charge >= 0.3 is 0 Å². The maximum atomic E-state index is 14.5. The molecule has 0 spiro atoms. The summed E-state index contributed by atoms with van der Waals surface area (Å²) in [7, 11) is -2.56. The average molecular weight is 869 g/mol. The lowest BCUT2D eigenvalue weighted by atomic mass is 9.85. The van der Waals surface area contributed by atoms with Crippen LogP contribution in [0.1, 0.15) is 77.0 Å². The lowest BCUT2D eigenvalue weighted by Gasteiger charge is -2.45. The van der Waals surface area contributed by atoms with Crippen LogP contribution in [0.25, 0.3) is 0 Å². The molecule has 0 radical (unpaired) electrons. The minimum Gasteiger partial charge on any atom is -0.489 e. The normalized spacial score (nSPS) is 20.2. The molecule has 1 unspecified atom stereocenters. The van der Waals surface area contributed by atoms with Gasteiger partial charge in [-0.05, 0) is 71.8 Å². The van der Waals surface area contributed by atoms with Gasteiger partial charge in [-0.15, -0.1) is 0 Å². The molecule has 2 heterocycles. The van der Waals surface area contributed by atoms with Crippen LogP contribution < -0.4 is 9.64 Å². The van der Waals surface area contributed by atoms with Crippen LogP contribution in [0.4, 0.5) is 5.69 Å². The van der Waals surface area contributed by atoms with Crippen LogP contribution in [0, 0.1) is 6.92 Å². The summed E-state index contributed by atoms with van der Waals surface area (Å²) >= 11 is 0. The van der Waals surface area contributed by atoms with E-state index >= 15 is 0 Å². The zero-order chi connectivity index (χ0) is 43.3. The maximum absolute atomic E-state index is 14.5. The summed E-state index contributed by atoms with van der Waals surface area (Å²) in [4.78, 5) is 2.60. The third kappa shape index (κ3) is 12.0. The van der Waals surface area contributed by atoms with Gasteiger partial charge in [-0.25, -0.2) is 8.42 Å². The molecular weight excluding hydrogens is 797 g/mol. The molecule has 11 nitrogen and oxygen atoms in total. The summed E-state index contributed by atoms with van der Waals surface area (Å²) in [5.74, 6) is 0.587. The average Bonchev–Trinajstić information content (AvgIpc) is 3.23. The van der Waals surface area contributed by atoms with Gasteiger partial charge in [-0.2, -0.15) is 4.31 Å². The predicted octanol–water partition coefficient (Wildman–Crippen LogP) is 8.60. The van der Waals surface area contributed by atoms with Crippen molar-refractivity contribution in [1.29, 1.82) is 0 Å². The molecule has 1 fully saturated rings. The summed E-state index contributed by atoms with van der Waals surface area (Å²) in [6.07, 6.45) is 0.528. The van der Waals surface area contributed by atoms with Gasteiger partial charge in [0.2, 0.25) is 10.0 Å².